The van der Waals surface area contributed by atoms with Crippen molar-refractivity contribution in [1.82, 2.24) is 14.3 Å². The van der Waals surface area contributed by atoms with Gasteiger partial charge in [-0.15, -0.1) is 0 Å². The maximum Gasteiger partial charge on any atom is 0.293 e. The first-order valence-electron chi connectivity index (χ1n) is 9.99. The van der Waals surface area contributed by atoms with E-state index >= 15 is 0 Å². The number of nitro benzene ring substituents is 1. The molecule has 2 fully saturated rings. The minimum absolute atomic E-state index is 0.000298. The van der Waals surface area contributed by atoms with E-state index in [9.17, 15) is 18.5 Å². The zero-order valence-electron chi connectivity index (χ0n) is 16.2. The smallest absolute Gasteiger partial charge is 0.293 e. The first-order chi connectivity index (χ1) is 14.0. The summed E-state index contributed by atoms with van der Waals surface area (Å²) in [5.41, 5.74) is 0.324. The van der Waals surface area contributed by atoms with Gasteiger partial charge in [-0.2, -0.15) is 4.31 Å². The summed E-state index contributed by atoms with van der Waals surface area (Å²) in [6.45, 7) is 2.26. The Morgan fingerprint density at radius 1 is 1.10 bits per heavy atom. The topological polar surface area (TPSA) is 112 Å². The maximum absolute atomic E-state index is 12.9. The van der Waals surface area contributed by atoms with E-state index in [0.29, 0.717) is 37.8 Å². The molecule has 0 saturated carbocycles. The van der Waals surface area contributed by atoms with Gasteiger partial charge < -0.3 is 9.88 Å². The molecule has 2 aromatic rings. The Labute approximate surface area is 169 Å². The molecule has 0 radical (unpaired) electrons. The van der Waals surface area contributed by atoms with Crippen molar-refractivity contribution >= 4 is 21.4 Å². The van der Waals surface area contributed by atoms with E-state index in [-0.39, 0.29) is 10.6 Å². The molecule has 1 aromatic carbocycles. The van der Waals surface area contributed by atoms with Gasteiger partial charge in [-0.25, -0.2) is 13.4 Å². The largest absolute Gasteiger partial charge is 0.366 e. The lowest BCUT2D eigenvalue weighted by Crippen LogP contribution is -2.36. The molecule has 9 nitrogen and oxygen atoms in total. The van der Waals surface area contributed by atoms with Crippen molar-refractivity contribution in [1.29, 1.82) is 0 Å². The minimum Gasteiger partial charge on any atom is -0.366 e. The van der Waals surface area contributed by atoms with Crippen LogP contribution in [-0.2, 0) is 10.0 Å². The summed E-state index contributed by atoms with van der Waals surface area (Å²) in [4.78, 5) is 20.7. The highest BCUT2D eigenvalue weighted by Gasteiger charge is 2.31. The molecule has 0 unspecified atom stereocenters. The highest BCUT2D eigenvalue weighted by atomic mass is 32.2. The number of imidazole rings is 1. The van der Waals surface area contributed by atoms with Crippen molar-refractivity contribution in [2.45, 2.75) is 42.9 Å². The molecule has 10 heteroatoms. The summed E-state index contributed by atoms with van der Waals surface area (Å²) in [5.74, 6) is 1.25. The molecule has 0 aliphatic carbocycles. The van der Waals surface area contributed by atoms with E-state index in [1.54, 1.807) is 18.5 Å². The van der Waals surface area contributed by atoms with Gasteiger partial charge in [-0.1, -0.05) is 6.42 Å². The SMILES string of the molecule is O=[N+]([O-])c1cc(S(=O)(=O)N2CCCCC2)ccc1N1CCC(c2ncc[nH]2)CC1. The number of nitrogens with zero attached hydrogens (tertiary/aromatic N) is 4. The molecule has 2 saturated heterocycles. The Kier molecular flexibility index (Phi) is 5.55. The summed E-state index contributed by atoms with van der Waals surface area (Å²) in [6.07, 6.45) is 7.85. The Bertz CT molecular complexity index is 962. The van der Waals surface area contributed by atoms with Crippen molar-refractivity contribution in [3.63, 3.8) is 0 Å². The summed E-state index contributed by atoms with van der Waals surface area (Å²) < 4.78 is 27.2. The van der Waals surface area contributed by atoms with Crippen LogP contribution in [0.4, 0.5) is 11.4 Å². The lowest BCUT2D eigenvalue weighted by atomic mass is 9.95. The lowest BCUT2D eigenvalue weighted by Gasteiger charge is -2.32. The van der Waals surface area contributed by atoms with Crippen LogP contribution in [0.5, 0.6) is 0 Å². The van der Waals surface area contributed by atoms with Crippen LogP contribution in [0.1, 0.15) is 43.8 Å². The maximum atomic E-state index is 12.9. The number of H-pyrrole nitrogens is 1. The van der Waals surface area contributed by atoms with Gasteiger partial charge in [-0.05, 0) is 37.8 Å². The van der Waals surface area contributed by atoms with Gasteiger partial charge in [0.05, 0.1) is 9.82 Å². The molecule has 4 rings (SSSR count). The van der Waals surface area contributed by atoms with E-state index in [1.807, 2.05) is 4.90 Å². The Morgan fingerprint density at radius 3 is 2.45 bits per heavy atom. The molecule has 2 aliphatic rings. The van der Waals surface area contributed by atoms with Gasteiger partial charge in [0.2, 0.25) is 10.0 Å². The molecular weight excluding hydrogens is 394 g/mol. The number of piperidine rings is 2. The van der Waals surface area contributed by atoms with Crippen LogP contribution in [0.2, 0.25) is 0 Å². The van der Waals surface area contributed by atoms with Crippen LogP contribution in [0.25, 0.3) is 0 Å². The third-order valence-corrected chi connectivity index (χ3v) is 7.73. The number of aromatic nitrogens is 2. The van der Waals surface area contributed by atoms with Crippen LogP contribution < -0.4 is 4.90 Å². The third-order valence-electron chi connectivity index (χ3n) is 5.84. The number of hydrogen-bond donors (Lipinski definition) is 1. The lowest BCUT2D eigenvalue weighted by molar-refractivity contribution is -0.384. The number of anilines is 1. The zero-order valence-corrected chi connectivity index (χ0v) is 17.0. The molecule has 0 spiro atoms. The fraction of sp³-hybridized carbons (Fsp3) is 0.526. The zero-order chi connectivity index (χ0) is 20.4. The summed E-state index contributed by atoms with van der Waals surface area (Å²) >= 11 is 0. The Morgan fingerprint density at radius 2 is 1.83 bits per heavy atom. The molecular formula is C19H25N5O4S. The molecule has 3 heterocycles. The number of sulfonamides is 1. The van der Waals surface area contributed by atoms with Crippen molar-refractivity contribution < 1.29 is 13.3 Å². The molecule has 156 valence electrons. The number of aromatic amines is 1. The summed E-state index contributed by atoms with van der Waals surface area (Å²) in [7, 11) is -3.71. The second kappa shape index (κ2) is 8.11. The average Bonchev–Trinajstić information content (AvgIpc) is 3.29. The van der Waals surface area contributed by atoms with E-state index in [1.165, 1.54) is 16.4 Å². The van der Waals surface area contributed by atoms with Crippen LogP contribution >= 0.6 is 0 Å². The third kappa shape index (κ3) is 3.99. The predicted molar refractivity (Wildman–Crippen MR) is 108 cm³/mol. The van der Waals surface area contributed by atoms with Crippen molar-refractivity contribution in [2.24, 2.45) is 0 Å². The summed E-state index contributed by atoms with van der Waals surface area (Å²) in [6, 6.07) is 4.31. The fourth-order valence-corrected chi connectivity index (χ4v) is 5.76. The van der Waals surface area contributed by atoms with Crippen molar-refractivity contribution in [2.75, 3.05) is 31.1 Å². The van der Waals surface area contributed by atoms with E-state index in [4.69, 9.17) is 0 Å². The number of hydrogen-bond acceptors (Lipinski definition) is 6. The molecule has 1 aromatic heterocycles. The van der Waals surface area contributed by atoms with Gasteiger partial charge in [0, 0.05) is 50.6 Å². The van der Waals surface area contributed by atoms with Gasteiger partial charge in [-0.3, -0.25) is 10.1 Å². The normalized spacial score (nSPS) is 19.4. The standard InChI is InChI=1S/C19H25N5O4S/c25-24(26)18-14-16(29(27,28)23-10-2-1-3-11-23)4-5-17(18)22-12-6-15(7-13-22)19-20-8-9-21-19/h4-5,8-9,14-15H,1-3,6-7,10-13H2,(H,20,21). The molecule has 0 bridgehead atoms. The monoisotopic (exact) mass is 419 g/mol. The Hall–Kier alpha value is -2.46. The number of nitro groups is 1. The van der Waals surface area contributed by atoms with Gasteiger partial charge in [0.15, 0.2) is 0 Å². The first kappa shape index (κ1) is 19.8. The minimum atomic E-state index is -3.71. The Balaban J connectivity index is 1.56. The highest BCUT2D eigenvalue weighted by Crippen LogP contribution is 2.36. The van der Waals surface area contributed by atoms with Gasteiger partial charge >= 0.3 is 0 Å². The number of rotatable bonds is 5. The van der Waals surface area contributed by atoms with Crippen LogP contribution in [0.15, 0.2) is 35.5 Å². The van der Waals surface area contributed by atoms with E-state index in [2.05, 4.69) is 9.97 Å². The molecule has 1 N–H and O–H groups in total. The average molecular weight is 420 g/mol. The number of nitrogens with one attached hydrogen (secondary N) is 1. The highest BCUT2D eigenvalue weighted by molar-refractivity contribution is 7.89. The van der Waals surface area contributed by atoms with Crippen LogP contribution in [-0.4, -0.2) is 53.8 Å². The van der Waals surface area contributed by atoms with E-state index in [0.717, 1.165) is 37.9 Å². The quantitative estimate of drug-likeness (QED) is 0.589. The second-order valence-electron chi connectivity index (χ2n) is 7.61. The number of benzene rings is 1. The predicted octanol–water partition coefficient (Wildman–Crippen LogP) is 2.88. The van der Waals surface area contributed by atoms with Gasteiger partial charge in [0.1, 0.15) is 11.5 Å². The van der Waals surface area contributed by atoms with Crippen LogP contribution in [0.3, 0.4) is 0 Å². The van der Waals surface area contributed by atoms with E-state index < -0.39 is 14.9 Å². The molecule has 2 aliphatic heterocycles. The summed E-state index contributed by atoms with van der Waals surface area (Å²) in [5, 5.41) is 11.7. The molecule has 0 amide bonds. The van der Waals surface area contributed by atoms with Crippen LogP contribution in [0, 0.1) is 10.1 Å². The second-order valence-corrected chi connectivity index (χ2v) is 9.55. The molecule has 29 heavy (non-hydrogen) atoms. The first-order valence-corrected chi connectivity index (χ1v) is 11.4. The van der Waals surface area contributed by atoms with Gasteiger partial charge in [0.25, 0.3) is 5.69 Å². The van der Waals surface area contributed by atoms with Crippen molar-refractivity contribution in [3.8, 4) is 0 Å². The van der Waals surface area contributed by atoms with Crippen molar-refractivity contribution in [3.05, 3.63) is 46.5 Å². The molecule has 0 atom stereocenters. The fourth-order valence-electron chi connectivity index (χ4n) is 4.23.